The summed E-state index contributed by atoms with van der Waals surface area (Å²) in [6, 6.07) is 20.7. The molecule has 3 aromatic rings. The number of nitrogens with zero attached hydrogens (tertiary/aromatic N) is 3. The van der Waals surface area contributed by atoms with Crippen molar-refractivity contribution in [1.82, 2.24) is 4.90 Å². The van der Waals surface area contributed by atoms with E-state index in [1.807, 2.05) is 39.3 Å². The van der Waals surface area contributed by atoms with Crippen LogP contribution in [0.3, 0.4) is 0 Å². The summed E-state index contributed by atoms with van der Waals surface area (Å²) >= 11 is 1.59. The standard InChI is InChI=1S/C25H29N3O2S/c1-26(2)21-11-9-19(10-12-21)18-27(3)24(29)23-17-22(20-7-5-4-6-8-20)25(31-23)28-13-15-30-16-14-28/h4-12,17H,13-16,18H2,1-3H3. The predicted molar refractivity (Wildman–Crippen MR) is 129 cm³/mol. The molecule has 2 heterocycles. The van der Waals surface area contributed by atoms with Crippen LogP contribution in [0.25, 0.3) is 11.1 Å². The molecular formula is C25H29N3O2S. The molecule has 5 nitrogen and oxygen atoms in total. The Bertz CT molecular complexity index is 1010. The van der Waals surface area contributed by atoms with Gasteiger partial charge in [0.1, 0.15) is 0 Å². The second kappa shape index (κ2) is 9.54. The summed E-state index contributed by atoms with van der Waals surface area (Å²) in [4.78, 5) is 20.3. The van der Waals surface area contributed by atoms with Crippen LogP contribution >= 0.6 is 11.3 Å². The largest absolute Gasteiger partial charge is 0.378 e. The van der Waals surface area contributed by atoms with E-state index in [0.29, 0.717) is 6.54 Å². The summed E-state index contributed by atoms with van der Waals surface area (Å²) in [6.45, 7) is 3.72. The Kier molecular flexibility index (Phi) is 6.59. The number of morpholine rings is 1. The van der Waals surface area contributed by atoms with Gasteiger partial charge in [0.25, 0.3) is 5.91 Å². The summed E-state index contributed by atoms with van der Waals surface area (Å²) in [6.07, 6.45) is 0. The Morgan fingerprint density at radius 2 is 1.68 bits per heavy atom. The number of rotatable bonds is 6. The topological polar surface area (TPSA) is 36.0 Å². The van der Waals surface area contributed by atoms with E-state index in [4.69, 9.17) is 4.74 Å². The van der Waals surface area contributed by atoms with Crippen molar-refractivity contribution in [3.63, 3.8) is 0 Å². The summed E-state index contributed by atoms with van der Waals surface area (Å²) in [5, 5.41) is 1.15. The summed E-state index contributed by atoms with van der Waals surface area (Å²) < 4.78 is 5.53. The molecule has 162 valence electrons. The fraction of sp³-hybridized carbons (Fsp3) is 0.320. The number of thiophene rings is 1. The molecule has 1 aliphatic heterocycles. The van der Waals surface area contributed by atoms with E-state index in [-0.39, 0.29) is 5.91 Å². The van der Waals surface area contributed by atoms with Crippen LogP contribution in [-0.2, 0) is 11.3 Å². The second-order valence-electron chi connectivity index (χ2n) is 8.02. The number of anilines is 2. The van der Waals surface area contributed by atoms with Gasteiger partial charge in [0.15, 0.2) is 0 Å². The minimum Gasteiger partial charge on any atom is -0.378 e. The lowest BCUT2D eigenvalue weighted by Crippen LogP contribution is -2.35. The third kappa shape index (κ3) is 4.92. The molecule has 1 aromatic heterocycles. The van der Waals surface area contributed by atoms with Gasteiger partial charge in [-0.05, 0) is 29.3 Å². The summed E-state index contributed by atoms with van der Waals surface area (Å²) in [7, 11) is 5.92. The molecule has 31 heavy (non-hydrogen) atoms. The highest BCUT2D eigenvalue weighted by Crippen LogP contribution is 2.39. The lowest BCUT2D eigenvalue weighted by Gasteiger charge is -2.28. The SMILES string of the molecule is CN(Cc1ccc(N(C)C)cc1)C(=O)c1cc(-c2ccccc2)c(N2CCOCC2)s1. The number of carbonyl (C=O) groups is 1. The van der Waals surface area contributed by atoms with Crippen molar-refractivity contribution in [2.24, 2.45) is 0 Å². The van der Waals surface area contributed by atoms with Gasteiger partial charge in [-0.25, -0.2) is 0 Å². The minimum atomic E-state index is 0.0541. The number of benzene rings is 2. The molecule has 2 aromatic carbocycles. The van der Waals surface area contributed by atoms with Gasteiger partial charge in [0.2, 0.25) is 0 Å². The fourth-order valence-corrected chi connectivity index (χ4v) is 4.97. The number of amides is 1. The van der Waals surface area contributed by atoms with Crippen LogP contribution in [0.15, 0.2) is 60.7 Å². The van der Waals surface area contributed by atoms with Gasteiger partial charge in [-0.1, -0.05) is 42.5 Å². The van der Waals surface area contributed by atoms with Crippen LogP contribution in [0.4, 0.5) is 10.7 Å². The molecule has 1 fully saturated rings. The fourth-order valence-electron chi connectivity index (χ4n) is 3.75. The molecule has 6 heteroatoms. The third-order valence-corrected chi connectivity index (χ3v) is 6.71. The minimum absolute atomic E-state index is 0.0541. The van der Waals surface area contributed by atoms with Crippen molar-refractivity contribution >= 4 is 27.9 Å². The smallest absolute Gasteiger partial charge is 0.264 e. The van der Waals surface area contributed by atoms with Crippen molar-refractivity contribution < 1.29 is 9.53 Å². The molecule has 0 atom stereocenters. The highest BCUT2D eigenvalue weighted by Gasteiger charge is 2.23. The zero-order chi connectivity index (χ0) is 21.8. The molecule has 0 N–H and O–H groups in total. The first kappa shape index (κ1) is 21.4. The van der Waals surface area contributed by atoms with Crippen LogP contribution in [0.2, 0.25) is 0 Å². The zero-order valence-electron chi connectivity index (χ0n) is 18.4. The average Bonchev–Trinajstić information content (AvgIpc) is 3.25. The van der Waals surface area contributed by atoms with Crippen LogP contribution in [0.5, 0.6) is 0 Å². The summed E-state index contributed by atoms with van der Waals surface area (Å²) in [5.41, 5.74) is 4.54. The van der Waals surface area contributed by atoms with E-state index in [1.54, 1.807) is 16.2 Å². The Labute approximate surface area is 188 Å². The van der Waals surface area contributed by atoms with E-state index < -0.39 is 0 Å². The van der Waals surface area contributed by atoms with Gasteiger partial charge in [0.05, 0.1) is 23.1 Å². The normalized spacial score (nSPS) is 13.8. The molecule has 0 unspecified atom stereocenters. The lowest BCUT2D eigenvalue weighted by atomic mass is 10.1. The van der Waals surface area contributed by atoms with Crippen molar-refractivity contribution in [3.8, 4) is 11.1 Å². The molecule has 0 saturated carbocycles. The summed E-state index contributed by atoms with van der Waals surface area (Å²) in [5.74, 6) is 0.0541. The Morgan fingerprint density at radius 1 is 1.00 bits per heavy atom. The zero-order valence-corrected chi connectivity index (χ0v) is 19.2. The van der Waals surface area contributed by atoms with Crippen molar-refractivity contribution in [2.75, 3.05) is 57.2 Å². The van der Waals surface area contributed by atoms with Crippen LogP contribution in [-0.4, -0.2) is 58.3 Å². The molecule has 4 rings (SSSR count). The van der Waals surface area contributed by atoms with Crippen LogP contribution < -0.4 is 9.80 Å². The first-order valence-corrected chi connectivity index (χ1v) is 11.4. The molecule has 0 radical (unpaired) electrons. The third-order valence-electron chi connectivity index (χ3n) is 5.53. The number of carbonyl (C=O) groups excluding carboxylic acids is 1. The van der Waals surface area contributed by atoms with Gasteiger partial charge in [-0.2, -0.15) is 0 Å². The second-order valence-corrected chi connectivity index (χ2v) is 9.05. The van der Waals surface area contributed by atoms with Crippen LogP contribution in [0.1, 0.15) is 15.2 Å². The Balaban J connectivity index is 1.57. The molecular weight excluding hydrogens is 406 g/mol. The first-order valence-electron chi connectivity index (χ1n) is 10.6. The lowest BCUT2D eigenvalue weighted by molar-refractivity contribution is 0.0790. The van der Waals surface area contributed by atoms with E-state index in [1.165, 1.54) is 0 Å². The van der Waals surface area contributed by atoms with E-state index in [9.17, 15) is 4.79 Å². The first-order chi connectivity index (χ1) is 15.0. The average molecular weight is 436 g/mol. The van der Waals surface area contributed by atoms with Crippen molar-refractivity contribution in [1.29, 1.82) is 0 Å². The van der Waals surface area contributed by atoms with Crippen LogP contribution in [0, 0.1) is 0 Å². The van der Waals surface area contributed by atoms with Gasteiger partial charge < -0.3 is 19.4 Å². The van der Waals surface area contributed by atoms with E-state index in [2.05, 4.69) is 52.3 Å². The number of hydrogen-bond acceptors (Lipinski definition) is 5. The molecule has 0 aliphatic carbocycles. The van der Waals surface area contributed by atoms with Crippen molar-refractivity contribution in [2.45, 2.75) is 6.54 Å². The van der Waals surface area contributed by atoms with Gasteiger partial charge in [-0.15, -0.1) is 11.3 Å². The van der Waals surface area contributed by atoms with Gasteiger partial charge >= 0.3 is 0 Å². The molecule has 1 aliphatic rings. The van der Waals surface area contributed by atoms with Gasteiger partial charge in [-0.3, -0.25) is 4.79 Å². The van der Waals surface area contributed by atoms with Crippen molar-refractivity contribution in [3.05, 3.63) is 71.1 Å². The van der Waals surface area contributed by atoms with E-state index in [0.717, 1.165) is 58.6 Å². The number of ether oxygens (including phenoxy) is 1. The quantitative estimate of drug-likeness (QED) is 0.567. The van der Waals surface area contributed by atoms with E-state index >= 15 is 0 Å². The molecule has 0 bridgehead atoms. The highest BCUT2D eigenvalue weighted by atomic mass is 32.1. The molecule has 1 amide bonds. The molecule has 1 saturated heterocycles. The number of hydrogen-bond donors (Lipinski definition) is 0. The monoisotopic (exact) mass is 435 g/mol. The highest BCUT2D eigenvalue weighted by molar-refractivity contribution is 7.18. The Hall–Kier alpha value is -2.83. The Morgan fingerprint density at radius 3 is 2.32 bits per heavy atom. The maximum Gasteiger partial charge on any atom is 0.264 e. The molecule has 0 spiro atoms. The maximum absolute atomic E-state index is 13.3. The predicted octanol–water partition coefficient (Wildman–Crippen LogP) is 4.59. The van der Waals surface area contributed by atoms with Gasteiger partial charge in [0, 0.05) is 52.0 Å². The maximum atomic E-state index is 13.3.